The molecule has 6 heteroatoms. The molecule has 1 aromatic carbocycles. The summed E-state index contributed by atoms with van der Waals surface area (Å²) in [5.41, 5.74) is 1.02. The third-order valence-corrected chi connectivity index (χ3v) is 2.85. The first-order valence-corrected chi connectivity index (χ1v) is 6.24. The number of aromatic nitrogens is 1. The van der Waals surface area contributed by atoms with Crippen LogP contribution in [-0.4, -0.2) is 9.91 Å². The second kappa shape index (κ2) is 5.59. The molecule has 0 saturated heterocycles. The van der Waals surface area contributed by atoms with E-state index in [-0.39, 0.29) is 5.69 Å². The summed E-state index contributed by atoms with van der Waals surface area (Å²) in [4.78, 5) is 14.3. The molecule has 0 radical (unpaired) electrons. The van der Waals surface area contributed by atoms with Crippen LogP contribution < -0.4 is 4.74 Å². The van der Waals surface area contributed by atoms with Gasteiger partial charge in [-0.15, -0.1) is 0 Å². The van der Waals surface area contributed by atoms with Crippen molar-refractivity contribution in [2.24, 2.45) is 0 Å². The molecule has 0 saturated carbocycles. The summed E-state index contributed by atoms with van der Waals surface area (Å²) in [5, 5.41) is 11.3. The Bertz CT molecular complexity index is 558. The number of rotatable bonds is 4. The number of nitro groups is 1. The summed E-state index contributed by atoms with van der Waals surface area (Å²) in [5.74, 6) is 0.795. The normalized spacial score (nSPS) is 10.1. The molecule has 2 aromatic rings. The molecule has 5 nitrogen and oxygen atoms in total. The first-order chi connectivity index (χ1) is 8.69. The number of nitrogens with zero attached hydrogens (tertiary/aromatic N) is 2. The summed E-state index contributed by atoms with van der Waals surface area (Å²) >= 11 is 3.32. The standard InChI is InChI=1S/C12H9BrN2O3/c13-7-9-4-5-12(14-8-9)18-11-3-1-2-10(6-11)15(16)17/h1-6,8H,7H2. The molecule has 2 rings (SSSR count). The van der Waals surface area contributed by atoms with Gasteiger partial charge in [0.1, 0.15) is 5.75 Å². The summed E-state index contributed by atoms with van der Waals surface area (Å²) < 4.78 is 5.44. The topological polar surface area (TPSA) is 65.3 Å². The van der Waals surface area contributed by atoms with Crippen molar-refractivity contribution in [2.75, 3.05) is 0 Å². The van der Waals surface area contributed by atoms with Gasteiger partial charge >= 0.3 is 0 Å². The Balaban J connectivity index is 2.17. The number of nitro benzene ring substituents is 1. The second-order valence-electron chi connectivity index (χ2n) is 3.49. The van der Waals surface area contributed by atoms with Gasteiger partial charge in [0, 0.05) is 23.7 Å². The van der Waals surface area contributed by atoms with Crippen LogP contribution in [0, 0.1) is 10.1 Å². The average Bonchev–Trinajstić information content (AvgIpc) is 2.40. The number of alkyl halides is 1. The highest BCUT2D eigenvalue weighted by atomic mass is 79.9. The highest BCUT2D eigenvalue weighted by Gasteiger charge is 2.07. The van der Waals surface area contributed by atoms with Gasteiger partial charge in [-0.25, -0.2) is 4.98 Å². The van der Waals surface area contributed by atoms with E-state index in [1.54, 1.807) is 24.4 Å². The van der Waals surface area contributed by atoms with E-state index in [2.05, 4.69) is 20.9 Å². The van der Waals surface area contributed by atoms with Crippen molar-refractivity contribution in [3.8, 4) is 11.6 Å². The molecule has 0 aliphatic heterocycles. The van der Waals surface area contributed by atoms with Gasteiger partial charge in [-0.05, 0) is 11.6 Å². The Hall–Kier alpha value is -1.95. The fourth-order valence-electron chi connectivity index (χ4n) is 1.33. The van der Waals surface area contributed by atoms with Gasteiger partial charge in [0.05, 0.1) is 11.0 Å². The summed E-state index contributed by atoms with van der Waals surface area (Å²) in [6.07, 6.45) is 1.68. The van der Waals surface area contributed by atoms with Crippen LogP contribution in [0.2, 0.25) is 0 Å². The minimum absolute atomic E-state index is 0.00965. The molecule has 92 valence electrons. The van der Waals surface area contributed by atoms with Crippen LogP contribution in [0.5, 0.6) is 11.6 Å². The maximum Gasteiger partial charge on any atom is 0.273 e. The Morgan fingerprint density at radius 1 is 1.33 bits per heavy atom. The molecule has 18 heavy (non-hydrogen) atoms. The third kappa shape index (κ3) is 3.04. The van der Waals surface area contributed by atoms with E-state index in [1.807, 2.05) is 6.07 Å². The van der Waals surface area contributed by atoms with E-state index < -0.39 is 4.92 Å². The number of ether oxygens (including phenoxy) is 1. The molecule has 0 aliphatic carbocycles. The maximum atomic E-state index is 10.6. The summed E-state index contributed by atoms with van der Waals surface area (Å²) in [7, 11) is 0. The molecule has 0 aliphatic rings. The van der Waals surface area contributed by atoms with Gasteiger partial charge in [0.2, 0.25) is 5.88 Å². The monoisotopic (exact) mass is 308 g/mol. The smallest absolute Gasteiger partial charge is 0.273 e. The highest BCUT2D eigenvalue weighted by Crippen LogP contribution is 2.23. The van der Waals surface area contributed by atoms with Gasteiger partial charge in [-0.3, -0.25) is 10.1 Å². The first kappa shape index (κ1) is 12.5. The number of non-ortho nitro benzene ring substituents is 1. The quantitative estimate of drug-likeness (QED) is 0.491. The van der Waals surface area contributed by atoms with Crippen molar-refractivity contribution < 1.29 is 9.66 Å². The van der Waals surface area contributed by atoms with Crippen LogP contribution >= 0.6 is 15.9 Å². The molecule has 0 fully saturated rings. The van der Waals surface area contributed by atoms with E-state index in [0.717, 1.165) is 10.9 Å². The molecular formula is C12H9BrN2O3. The van der Waals surface area contributed by atoms with E-state index in [4.69, 9.17) is 4.74 Å². The van der Waals surface area contributed by atoms with Gasteiger partial charge in [0.15, 0.2) is 0 Å². The second-order valence-corrected chi connectivity index (χ2v) is 4.06. The zero-order chi connectivity index (χ0) is 13.0. The first-order valence-electron chi connectivity index (χ1n) is 5.12. The minimum Gasteiger partial charge on any atom is -0.439 e. The molecule has 0 spiro atoms. The Labute approximate surface area is 112 Å². The summed E-state index contributed by atoms with van der Waals surface area (Å²) in [6.45, 7) is 0. The SMILES string of the molecule is O=[N+]([O-])c1cccc(Oc2ccc(CBr)cn2)c1. The lowest BCUT2D eigenvalue weighted by atomic mass is 10.3. The van der Waals surface area contributed by atoms with E-state index in [9.17, 15) is 10.1 Å². The van der Waals surface area contributed by atoms with E-state index >= 15 is 0 Å². The number of hydrogen-bond acceptors (Lipinski definition) is 4. The molecule has 0 bridgehead atoms. The zero-order valence-corrected chi connectivity index (χ0v) is 10.8. The maximum absolute atomic E-state index is 10.6. The largest absolute Gasteiger partial charge is 0.439 e. The lowest BCUT2D eigenvalue weighted by Crippen LogP contribution is -1.91. The van der Waals surface area contributed by atoms with Crippen molar-refractivity contribution in [3.63, 3.8) is 0 Å². The minimum atomic E-state index is -0.464. The Morgan fingerprint density at radius 3 is 2.78 bits per heavy atom. The van der Waals surface area contributed by atoms with Crippen LogP contribution in [0.3, 0.4) is 0 Å². The summed E-state index contributed by atoms with van der Waals surface area (Å²) in [6, 6.07) is 9.57. The van der Waals surface area contributed by atoms with Gasteiger partial charge in [-0.2, -0.15) is 0 Å². The molecule has 1 aromatic heterocycles. The molecule has 0 atom stereocenters. The van der Waals surface area contributed by atoms with Crippen LogP contribution in [-0.2, 0) is 5.33 Å². The number of halogens is 1. The van der Waals surface area contributed by atoms with Crippen LogP contribution in [0.25, 0.3) is 0 Å². The van der Waals surface area contributed by atoms with E-state index in [0.29, 0.717) is 11.6 Å². The predicted octanol–water partition coefficient (Wildman–Crippen LogP) is 3.68. The number of benzene rings is 1. The fraction of sp³-hybridized carbons (Fsp3) is 0.0833. The van der Waals surface area contributed by atoms with Gasteiger partial charge < -0.3 is 4.74 Å². The Morgan fingerprint density at radius 2 is 2.17 bits per heavy atom. The number of hydrogen-bond donors (Lipinski definition) is 0. The van der Waals surface area contributed by atoms with Crippen molar-refractivity contribution in [1.29, 1.82) is 0 Å². The lowest BCUT2D eigenvalue weighted by molar-refractivity contribution is -0.384. The van der Waals surface area contributed by atoms with Crippen molar-refractivity contribution in [1.82, 2.24) is 4.98 Å². The molecule has 1 heterocycles. The molecule has 0 N–H and O–H groups in total. The van der Waals surface area contributed by atoms with Crippen LogP contribution in [0.1, 0.15) is 5.56 Å². The average molecular weight is 309 g/mol. The molecule has 0 amide bonds. The van der Waals surface area contributed by atoms with Crippen molar-refractivity contribution in [2.45, 2.75) is 5.33 Å². The highest BCUT2D eigenvalue weighted by molar-refractivity contribution is 9.08. The number of pyridine rings is 1. The lowest BCUT2D eigenvalue weighted by Gasteiger charge is -2.04. The Kier molecular flexibility index (Phi) is 3.88. The van der Waals surface area contributed by atoms with Crippen molar-refractivity contribution in [3.05, 3.63) is 58.3 Å². The zero-order valence-electron chi connectivity index (χ0n) is 9.25. The van der Waals surface area contributed by atoms with Crippen molar-refractivity contribution >= 4 is 21.6 Å². The van der Waals surface area contributed by atoms with Gasteiger partial charge in [0.25, 0.3) is 5.69 Å². The fourth-order valence-corrected chi connectivity index (χ4v) is 1.66. The third-order valence-electron chi connectivity index (χ3n) is 2.20. The molecule has 0 unspecified atom stereocenters. The predicted molar refractivity (Wildman–Crippen MR) is 70.0 cm³/mol. The van der Waals surface area contributed by atoms with Gasteiger partial charge in [-0.1, -0.05) is 28.1 Å². The van der Waals surface area contributed by atoms with Crippen LogP contribution in [0.4, 0.5) is 5.69 Å². The van der Waals surface area contributed by atoms with E-state index in [1.165, 1.54) is 12.1 Å². The van der Waals surface area contributed by atoms with Crippen LogP contribution in [0.15, 0.2) is 42.6 Å². The molecular weight excluding hydrogens is 300 g/mol.